The van der Waals surface area contributed by atoms with Crippen LogP contribution in [0.15, 0.2) is 48.5 Å². The summed E-state index contributed by atoms with van der Waals surface area (Å²) < 4.78 is 2.38. The Morgan fingerprint density at radius 3 is 1.29 bits per heavy atom. The van der Waals surface area contributed by atoms with E-state index in [0.29, 0.717) is 5.41 Å². The lowest BCUT2D eigenvalue weighted by Crippen LogP contribution is -2.30. The third kappa shape index (κ3) is 4.95. The van der Waals surface area contributed by atoms with Crippen LogP contribution in [0.1, 0.15) is 22.3 Å². The number of benzene rings is 2. The van der Waals surface area contributed by atoms with Gasteiger partial charge in [-0.2, -0.15) is 0 Å². The van der Waals surface area contributed by atoms with Crippen LogP contribution in [0.25, 0.3) is 0 Å². The molecule has 0 spiro atoms. The van der Waals surface area contributed by atoms with Crippen molar-refractivity contribution in [3.8, 4) is 0 Å². The molecule has 0 heterocycles. The minimum atomic E-state index is 0.353. The number of alkyl halides is 2. The van der Waals surface area contributed by atoms with E-state index in [0.717, 1.165) is 12.8 Å². The molecule has 0 atom stereocenters. The molecule has 0 saturated heterocycles. The van der Waals surface area contributed by atoms with E-state index >= 15 is 0 Å². The quantitative estimate of drug-likeness (QED) is 0.338. The van der Waals surface area contributed by atoms with Crippen molar-refractivity contribution in [2.24, 2.45) is 5.41 Å². The molecule has 0 bridgehead atoms. The standard InChI is InChI=1S/C19H22I2/c1-15-3-7-17(8-4-15)11-19(13-20,14-21)12-18-9-5-16(2)6-10-18/h3-10H,11-14H2,1-2H3. The van der Waals surface area contributed by atoms with Gasteiger partial charge in [0, 0.05) is 8.86 Å². The smallest absolute Gasteiger partial charge is 0.00657 e. The maximum absolute atomic E-state index is 2.56. The summed E-state index contributed by atoms with van der Waals surface area (Å²) in [5, 5.41) is 0. The van der Waals surface area contributed by atoms with Gasteiger partial charge in [-0.3, -0.25) is 0 Å². The van der Waals surface area contributed by atoms with E-state index in [1.165, 1.54) is 31.1 Å². The first-order valence-electron chi connectivity index (χ1n) is 7.30. The van der Waals surface area contributed by atoms with Crippen molar-refractivity contribution in [1.29, 1.82) is 0 Å². The largest absolute Gasteiger partial charge is 0.0857 e. The molecule has 2 aromatic carbocycles. The highest BCUT2D eigenvalue weighted by atomic mass is 127. The average molecular weight is 504 g/mol. The molecular formula is C19H22I2. The van der Waals surface area contributed by atoms with Gasteiger partial charge in [0.1, 0.15) is 0 Å². The molecule has 0 unspecified atom stereocenters. The molecule has 0 aliphatic heterocycles. The Kier molecular flexibility index (Phi) is 6.53. The van der Waals surface area contributed by atoms with Gasteiger partial charge in [-0.1, -0.05) is 105 Å². The maximum atomic E-state index is 2.56. The van der Waals surface area contributed by atoms with E-state index in [4.69, 9.17) is 0 Å². The fourth-order valence-electron chi connectivity index (χ4n) is 2.57. The molecule has 0 aliphatic carbocycles. The Labute approximate surface area is 156 Å². The van der Waals surface area contributed by atoms with Gasteiger partial charge in [-0.15, -0.1) is 0 Å². The molecule has 0 saturated carbocycles. The second-order valence-electron chi connectivity index (χ2n) is 6.09. The average Bonchev–Trinajstić information content (AvgIpc) is 2.51. The zero-order valence-electron chi connectivity index (χ0n) is 12.7. The molecule has 0 radical (unpaired) electrons. The highest BCUT2D eigenvalue weighted by molar-refractivity contribution is 14.1. The predicted octanol–water partition coefficient (Wildman–Crippen LogP) is 5.95. The van der Waals surface area contributed by atoms with Gasteiger partial charge in [-0.25, -0.2) is 0 Å². The zero-order chi connectivity index (χ0) is 15.3. The maximum Gasteiger partial charge on any atom is 0.00657 e. The van der Waals surface area contributed by atoms with Crippen molar-refractivity contribution >= 4 is 45.2 Å². The molecule has 0 aliphatic rings. The third-order valence-electron chi connectivity index (χ3n) is 3.97. The van der Waals surface area contributed by atoms with Crippen LogP contribution >= 0.6 is 45.2 Å². The molecule has 0 aromatic heterocycles. The number of hydrogen-bond acceptors (Lipinski definition) is 0. The van der Waals surface area contributed by atoms with E-state index < -0.39 is 0 Å². The monoisotopic (exact) mass is 504 g/mol. The van der Waals surface area contributed by atoms with Crippen molar-refractivity contribution in [2.45, 2.75) is 26.7 Å². The van der Waals surface area contributed by atoms with Gasteiger partial charge >= 0.3 is 0 Å². The van der Waals surface area contributed by atoms with Crippen LogP contribution in [0.2, 0.25) is 0 Å². The van der Waals surface area contributed by atoms with E-state index in [1.54, 1.807) is 0 Å². The summed E-state index contributed by atoms with van der Waals surface area (Å²) in [5.41, 5.74) is 5.95. The fourth-order valence-corrected chi connectivity index (χ4v) is 5.22. The molecule has 0 N–H and O–H groups in total. The minimum absolute atomic E-state index is 0.353. The molecule has 0 nitrogen and oxygen atoms in total. The minimum Gasteiger partial charge on any atom is -0.0857 e. The van der Waals surface area contributed by atoms with Gasteiger partial charge in [0.2, 0.25) is 0 Å². The first-order valence-corrected chi connectivity index (χ1v) is 10.3. The van der Waals surface area contributed by atoms with E-state index in [9.17, 15) is 0 Å². The highest BCUT2D eigenvalue weighted by Crippen LogP contribution is 2.33. The lowest BCUT2D eigenvalue weighted by atomic mass is 9.80. The molecular weight excluding hydrogens is 482 g/mol. The normalized spacial score (nSPS) is 11.6. The molecule has 21 heavy (non-hydrogen) atoms. The van der Waals surface area contributed by atoms with Crippen molar-refractivity contribution in [2.75, 3.05) is 8.86 Å². The number of aryl methyl sites for hydroxylation is 2. The van der Waals surface area contributed by atoms with Crippen LogP contribution in [0.4, 0.5) is 0 Å². The fraction of sp³-hybridized carbons (Fsp3) is 0.368. The van der Waals surface area contributed by atoms with Gasteiger partial charge in [0.25, 0.3) is 0 Å². The Hall–Kier alpha value is -0.100. The highest BCUT2D eigenvalue weighted by Gasteiger charge is 2.28. The summed E-state index contributed by atoms with van der Waals surface area (Å²) in [6.45, 7) is 4.31. The van der Waals surface area contributed by atoms with Crippen molar-refractivity contribution in [3.05, 3.63) is 70.8 Å². The zero-order valence-corrected chi connectivity index (χ0v) is 17.0. The second-order valence-corrected chi connectivity index (χ2v) is 7.62. The lowest BCUT2D eigenvalue weighted by molar-refractivity contribution is 0.394. The molecule has 2 heteroatoms. The molecule has 2 aromatic rings. The summed E-state index contributed by atoms with van der Waals surface area (Å²) >= 11 is 5.13. The first-order chi connectivity index (χ1) is 10.1. The Balaban J connectivity index is 2.19. The van der Waals surface area contributed by atoms with Crippen molar-refractivity contribution in [3.63, 3.8) is 0 Å². The van der Waals surface area contributed by atoms with Gasteiger partial charge < -0.3 is 0 Å². The summed E-state index contributed by atoms with van der Waals surface area (Å²) in [5.74, 6) is 0. The Morgan fingerprint density at radius 2 is 1.00 bits per heavy atom. The second kappa shape index (κ2) is 7.95. The Morgan fingerprint density at radius 1 is 0.667 bits per heavy atom. The van der Waals surface area contributed by atoms with Gasteiger partial charge in [-0.05, 0) is 43.2 Å². The SMILES string of the molecule is Cc1ccc(CC(CI)(CI)Cc2ccc(C)cc2)cc1. The van der Waals surface area contributed by atoms with Crippen LogP contribution in [-0.2, 0) is 12.8 Å². The molecule has 112 valence electrons. The summed E-state index contributed by atoms with van der Waals surface area (Å²) in [6, 6.07) is 18.1. The molecule has 2 rings (SSSR count). The summed E-state index contributed by atoms with van der Waals surface area (Å²) in [7, 11) is 0. The third-order valence-corrected chi connectivity index (χ3v) is 7.20. The van der Waals surface area contributed by atoms with Crippen LogP contribution in [-0.4, -0.2) is 8.86 Å². The van der Waals surface area contributed by atoms with Crippen LogP contribution < -0.4 is 0 Å². The Bertz CT molecular complexity index is 502. The summed E-state index contributed by atoms with van der Waals surface area (Å²) in [6.07, 6.45) is 2.32. The van der Waals surface area contributed by atoms with Crippen LogP contribution in [0.3, 0.4) is 0 Å². The van der Waals surface area contributed by atoms with Gasteiger partial charge in [0.05, 0.1) is 0 Å². The van der Waals surface area contributed by atoms with E-state index in [-0.39, 0.29) is 0 Å². The molecule has 0 amide bonds. The van der Waals surface area contributed by atoms with E-state index in [1.807, 2.05) is 0 Å². The number of hydrogen-bond donors (Lipinski definition) is 0. The summed E-state index contributed by atoms with van der Waals surface area (Å²) in [4.78, 5) is 0. The number of halogens is 2. The van der Waals surface area contributed by atoms with Crippen molar-refractivity contribution < 1.29 is 0 Å². The van der Waals surface area contributed by atoms with Gasteiger partial charge in [0.15, 0.2) is 0 Å². The van der Waals surface area contributed by atoms with Crippen LogP contribution in [0, 0.1) is 19.3 Å². The topological polar surface area (TPSA) is 0 Å². The predicted molar refractivity (Wildman–Crippen MR) is 110 cm³/mol. The van der Waals surface area contributed by atoms with Crippen LogP contribution in [0.5, 0.6) is 0 Å². The molecule has 0 fully saturated rings. The van der Waals surface area contributed by atoms with Crippen molar-refractivity contribution in [1.82, 2.24) is 0 Å². The van der Waals surface area contributed by atoms with E-state index in [2.05, 4.69) is 108 Å². The lowest BCUT2D eigenvalue weighted by Gasteiger charge is -2.30. The first kappa shape index (κ1) is 17.3. The number of rotatable bonds is 6.